The fourth-order valence-corrected chi connectivity index (χ4v) is 2.67. The molecule has 1 heterocycles. The van der Waals surface area contributed by atoms with Crippen LogP contribution in [0.1, 0.15) is 50.1 Å². The van der Waals surface area contributed by atoms with Crippen LogP contribution in [0.15, 0.2) is 30.5 Å². The number of aliphatic hydroxyl groups excluding tert-OH is 1. The Labute approximate surface area is 129 Å². The van der Waals surface area contributed by atoms with Gasteiger partial charge in [-0.05, 0) is 42.7 Å². The lowest BCUT2D eigenvalue weighted by Gasteiger charge is -2.13. The zero-order valence-electron chi connectivity index (χ0n) is 12.3. The number of hydrogen-bond donors (Lipinski definition) is 1. The molecule has 2 aromatic rings. The monoisotopic (exact) mass is 310 g/mol. The Bertz CT molecular complexity index is 575. The van der Waals surface area contributed by atoms with Gasteiger partial charge in [-0.2, -0.15) is 5.10 Å². The summed E-state index contributed by atoms with van der Waals surface area (Å²) in [5.74, 6) is -0.445. The summed E-state index contributed by atoms with van der Waals surface area (Å²) in [6.07, 6.45) is 3.48. The Morgan fingerprint density at radius 2 is 2.00 bits per heavy atom. The van der Waals surface area contributed by atoms with Crippen molar-refractivity contribution in [3.05, 3.63) is 52.6 Å². The number of hydrogen-bond acceptors (Lipinski definition) is 2. The Morgan fingerprint density at radius 1 is 1.29 bits per heavy atom. The SMILES string of the molecule is CCC(CC)n1ccc(CC(O)c2cc(F)cc(Cl)c2)n1. The highest BCUT2D eigenvalue weighted by Gasteiger charge is 2.14. The van der Waals surface area contributed by atoms with E-state index >= 15 is 0 Å². The van der Waals surface area contributed by atoms with Crippen molar-refractivity contribution in [2.75, 3.05) is 0 Å². The molecule has 5 heteroatoms. The number of halogens is 2. The molecule has 0 bridgehead atoms. The van der Waals surface area contributed by atoms with Crippen molar-refractivity contribution in [3.8, 4) is 0 Å². The molecule has 0 saturated carbocycles. The zero-order valence-corrected chi connectivity index (χ0v) is 13.0. The van der Waals surface area contributed by atoms with Gasteiger partial charge in [-0.3, -0.25) is 4.68 Å². The Hall–Kier alpha value is -1.39. The minimum absolute atomic E-state index is 0.284. The highest BCUT2D eigenvalue weighted by atomic mass is 35.5. The Balaban J connectivity index is 2.10. The number of aliphatic hydroxyl groups is 1. The maximum atomic E-state index is 13.3. The zero-order chi connectivity index (χ0) is 15.4. The molecule has 0 radical (unpaired) electrons. The number of nitrogens with zero attached hydrogens (tertiary/aromatic N) is 2. The van der Waals surface area contributed by atoms with E-state index in [1.54, 1.807) is 6.07 Å². The molecular formula is C16H20ClFN2O. The third kappa shape index (κ3) is 4.05. The molecule has 0 saturated heterocycles. The molecule has 1 aromatic heterocycles. The van der Waals surface area contributed by atoms with Gasteiger partial charge in [0.25, 0.3) is 0 Å². The van der Waals surface area contributed by atoms with Gasteiger partial charge in [-0.25, -0.2) is 4.39 Å². The first-order valence-corrected chi connectivity index (χ1v) is 7.59. The average molecular weight is 311 g/mol. The van der Waals surface area contributed by atoms with Crippen LogP contribution in [0.3, 0.4) is 0 Å². The van der Waals surface area contributed by atoms with Crippen LogP contribution in [0.4, 0.5) is 4.39 Å². The van der Waals surface area contributed by atoms with Gasteiger partial charge in [0.1, 0.15) is 5.82 Å². The Morgan fingerprint density at radius 3 is 2.62 bits per heavy atom. The largest absolute Gasteiger partial charge is 0.388 e. The summed E-state index contributed by atoms with van der Waals surface area (Å²) < 4.78 is 15.2. The molecule has 0 amide bonds. The van der Waals surface area contributed by atoms with Gasteiger partial charge in [0.05, 0.1) is 17.8 Å². The van der Waals surface area contributed by atoms with Crippen LogP contribution < -0.4 is 0 Å². The lowest BCUT2D eigenvalue weighted by atomic mass is 10.1. The molecule has 1 atom stereocenters. The highest BCUT2D eigenvalue weighted by Crippen LogP contribution is 2.23. The number of aromatic nitrogens is 2. The van der Waals surface area contributed by atoms with Gasteiger partial charge >= 0.3 is 0 Å². The topological polar surface area (TPSA) is 38.0 Å². The van der Waals surface area contributed by atoms with E-state index < -0.39 is 11.9 Å². The van der Waals surface area contributed by atoms with Crippen LogP contribution in [-0.4, -0.2) is 14.9 Å². The minimum atomic E-state index is -0.816. The molecule has 1 N–H and O–H groups in total. The summed E-state index contributed by atoms with van der Waals surface area (Å²) >= 11 is 5.81. The fourth-order valence-electron chi connectivity index (χ4n) is 2.44. The van der Waals surface area contributed by atoms with Crippen molar-refractivity contribution in [2.45, 2.75) is 45.3 Å². The van der Waals surface area contributed by atoms with Gasteiger partial charge in [0.2, 0.25) is 0 Å². The first-order valence-electron chi connectivity index (χ1n) is 7.21. The second-order valence-electron chi connectivity index (χ2n) is 5.18. The lowest BCUT2D eigenvalue weighted by molar-refractivity contribution is 0.176. The summed E-state index contributed by atoms with van der Waals surface area (Å²) in [6, 6.07) is 6.36. The minimum Gasteiger partial charge on any atom is -0.388 e. The summed E-state index contributed by atoms with van der Waals surface area (Å²) in [5.41, 5.74) is 1.26. The number of benzene rings is 1. The van der Waals surface area contributed by atoms with E-state index in [1.807, 2.05) is 16.9 Å². The molecular weight excluding hydrogens is 291 g/mol. The van der Waals surface area contributed by atoms with E-state index in [0.717, 1.165) is 18.5 Å². The molecule has 1 unspecified atom stereocenters. The second-order valence-corrected chi connectivity index (χ2v) is 5.62. The second kappa shape index (κ2) is 7.05. The summed E-state index contributed by atoms with van der Waals surface area (Å²) in [5, 5.41) is 15.0. The van der Waals surface area contributed by atoms with Crippen LogP contribution in [0.25, 0.3) is 0 Å². The third-order valence-corrected chi connectivity index (χ3v) is 3.87. The van der Waals surface area contributed by atoms with Gasteiger partial charge < -0.3 is 5.11 Å². The van der Waals surface area contributed by atoms with Crippen LogP contribution in [0.2, 0.25) is 5.02 Å². The molecule has 0 spiro atoms. The van der Waals surface area contributed by atoms with Gasteiger partial charge in [-0.15, -0.1) is 0 Å². The fraction of sp³-hybridized carbons (Fsp3) is 0.438. The summed E-state index contributed by atoms with van der Waals surface area (Å²) in [4.78, 5) is 0. The molecule has 0 aliphatic rings. The van der Waals surface area contributed by atoms with Crippen LogP contribution in [-0.2, 0) is 6.42 Å². The molecule has 3 nitrogen and oxygen atoms in total. The van der Waals surface area contributed by atoms with Crippen molar-refractivity contribution >= 4 is 11.6 Å². The third-order valence-electron chi connectivity index (χ3n) is 3.65. The van der Waals surface area contributed by atoms with Gasteiger partial charge in [0, 0.05) is 17.6 Å². The predicted molar refractivity (Wildman–Crippen MR) is 81.9 cm³/mol. The number of rotatable bonds is 6. The van der Waals surface area contributed by atoms with Crippen molar-refractivity contribution in [3.63, 3.8) is 0 Å². The summed E-state index contributed by atoms with van der Waals surface area (Å²) in [7, 11) is 0. The van der Waals surface area contributed by atoms with Crippen molar-refractivity contribution in [1.29, 1.82) is 0 Å². The quantitative estimate of drug-likeness (QED) is 0.863. The highest BCUT2D eigenvalue weighted by molar-refractivity contribution is 6.30. The van der Waals surface area contributed by atoms with Crippen LogP contribution in [0.5, 0.6) is 0 Å². The van der Waals surface area contributed by atoms with E-state index in [4.69, 9.17) is 11.6 Å². The van der Waals surface area contributed by atoms with Gasteiger partial charge in [0.15, 0.2) is 0 Å². The van der Waals surface area contributed by atoms with Crippen molar-refractivity contribution < 1.29 is 9.50 Å². The maximum absolute atomic E-state index is 13.3. The smallest absolute Gasteiger partial charge is 0.125 e. The van der Waals surface area contributed by atoms with E-state index in [9.17, 15) is 9.50 Å². The first-order chi connectivity index (χ1) is 10.0. The molecule has 0 aliphatic carbocycles. The molecule has 0 fully saturated rings. The van der Waals surface area contributed by atoms with Crippen molar-refractivity contribution in [1.82, 2.24) is 9.78 Å². The van der Waals surface area contributed by atoms with Gasteiger partial charge in [-0.1, -0.05) is 25.4 Å². The van der Waals surface area contributed by atoms with E-state index in [2.05, 4.69) is 18.9 Å². The summed E-state index contributed by atoms with van der Waals surface area (Å²) in [6.45, 7) is 4.25. The lowest BCUT2D eigenvalue weighted by Crippen LogP contribution is -2.09. The normalized spacial score (nSPS) is 12.9. The van der Waals surface area contributed by atoms with E-state index in [-0.39, 0.29) is 5.02 Å². The van der Waals surface area contributed by atoms with Crippen molar-refractivity contribution in [2.24, 2.45) is 0 Å². The van der Waals surface area contributed by atoms with Crippen LogP contribution in [0, 0.1) is 5.82 Å². The molecule has 114 valence electrons. The molecule has 21 heavy (non-hydrogen) atoms. The standard InChI is InChI=1S/C16H20ClFN2O/c1-3-15(4-2)20-6-5-14(19-20)10-16(21)11-7-12(17)9-13(18)8-11/h5-9,15-16,21H,3-4,10H2,1-2H3. The van der Waals surface area contributed by atoms with Crippen LogP contribution >= 0.6 is 11.6 Å². The molecule has 0 aliphatic heterocycles. The molecule has 1 aromatic carbocycles. The molecule has 2 rings (SSSR count). The van der Waals surface area contributed by atoms with E-state index in [0.29, 0.717) is 18.0 Å². The maximum Gasteiger partial charge on any atom is 0.125 e. The average Bonchev–Trinajstić information content (AvgIpc) is 2.87. The predicted octanol–water partition coefficient (Wildman–Crippen LogP) is 4.31. The first kappa shape index (κ1) is 16.0. The van der Waals surface area contributed by atoms with E-state index in [1.165, 1.54) is 12.1 Å². The Kier molecular flexibility index (Phi) is 5.37.